The summed E-state index contributed by atoms with van der Waals surface area (Å²) in [6.45, 7) is 0.514. The van der Waals surface area contributed by atoms with Crippen molar-refractivity contribution in [3.63, 3.8) is 0 Å². The first-order chi connectivity index (χ1) is 9.22. The van der Waals surface area contributed by atoms with Crippen molar-refractivity contribution < 1.29 is 14.3 Å². The molecule has 2 N–H and O–H groups in total. The van der Waals surface area contributed by atoms with Crippen LogP contribution in [0.3, 0.4) is 0 Å². The number of aliphatic hydroxyl groups is 1. The fourth-order valence-corrected chi connectivity index (χ4v) is 1.75. The van der Waals surface area contributed by atoms with E-state index >= 15 is 0 Å². The number of aliphatic hydroxyl groups excluding tert-OH is 1. The molecule has 0 saturated heterocycles. The van der Waals surface area contributed by atoms with Gasteiger partial charge in [0.1, 0.15) is 11.1 Å². The molecule has 2 rings (SSSR count). The lowest BCUT2D eigenvalue weighted by atomic mass is 10.2. The van der Waals surface area contributed by atoms with E-state index in [-0.39, 0.29) is 12.2 Å². The summed E-state index contributed by atoms with van der Waals surface area (Å²) in [4.78, 5) is 23.5. The summed E-state index contributed by atoms with van der Waals surface area (Å²) in [6, 6.07) is 8.56. The number of hydrogen-bond donors (Lipinski definition) is 2. The van der Waals surface area contributed by atoms with Crippen molar-refractivity contribution in [2.24, 2.45) is 0 Å². The fourth-order valence-electron chi connectivity index (χ4n) is 1.75. The van der Waals surface area contributed by atoms with Crippen LogP contribution in [0.25, 0.3) is 11.0 Å². The van der Waals surface area contributed by atoms with Gasteiger partial charge < -0.3 is 14.8 Å². The Morgan fingerprint density at radius 3 is 2.84 bits per heavy atom. The van der Waals surface area contributed by atoms with E-state index in [9.17, 15) is 9.59 Å². The molecule has 0 spiro atoms. The zero-order chi connectivity index (χ0) is 13.7. The van der Waals surface area contributed by atoms with Crippen LogP contribution in [-0.2, 0) is 0 Å². The van der Waals surface area contributed by atoms with E-state index in [1.165, 1.54) is 6.07 Å². The Bertz CT molecular complexity index is 633. The molecule has 0 bridgehead atoms. The number of hydrogen-bond acceptors (Lipinski definition) is 4. The number of unbranched alkanes of at least 4 members (excludes halogenated alkanes) is 1. The maximum atomic E-state index is 11.8. The molecule has 0 aliphatic carbocycles. The highest BCUT2D eigenvalue weighted by atomic mass is 16.4. The molecule has 0 saturated carbocycles. The van der Waals surface area contributed by atoms with Gasteiger partial charge in [-0.3, -0.25) is 4.79 Å². The molecule has 1 heterocycles. The highest BCUT2D eigenvalue weighted by molar-refractivity contribution is 5.96. The van der Waals surface area contributed by atoms with Gasteiger partial charge in [0.05, 0.1) is 0 Å². The molecule has 19 heavy (non-hydrogen) atoms. The van der Waals surface area contributed by atoms with E-state index in [4.69, 9.17) is 9.52 Å². The van der Waals surface area contributed by atoms with Crippen molar-refractivity contribution in [1.29, 1.82) is 0 Å². The molecular formula is C14H15NO4. The largest absolute Gasteiger partial charge is 0.422 e. The van der Waals surface area contributed by atoms with Crippen LogP contribution in [0, 0.1) is 0 Å². The molecule has 0 radical (unpaired) electrons. The Morgan fingerprint density at radius 1 is 1.26 bits per heavy atom. The Balaban J connectivity index is 2.17. The second kappa shape index (κ2) is 6.15. The van der Waals surface area contributed by atoms with Crippen molar-refractivity contribution in [3.8, 4) is 0 Å². The molecule has 0 unspecified atom stereocenters. The minimum Gasteiger partial charge on any atom is -0.422 e. The maximum absolute atomic E-state index is 11.8. The molecule has 2 aromatic rings. The van der Waals surface area contributed by atoms with Crippen LogP contribution >= 0.6 is 0 Å². The third-order valence-electron chi connectivity index (χ3n) is 2.76. The fraction of sp³-hybridized carbons (Fsp3) is 0.286. The van der Waals surface area contributed by atoms with Crippen LogP contribution in [0.2, 0.25) is 0 Å². The van der Waals surface area contributed by atoms with Gasteiger partial charge in [-0.05, 0) is 25.0 Å². The number of benzene rings is 1. The SMILES string of the molecule is O=C(NCCCCO)c1cc2ccccc2oc1=O. The highest BCUT2D eigenvalue weighted by Gasteiger charge is 2.12. The summed E-state index contributed by atoms with van der Waals surface area (Å²) >= 11 is 0. The predicted octanol–water partition coefficient (Wildman–Crippen LogP) is 1.30. The van der Waals surface area contributed by atoms with Crippen molar-refractivity contribution in [3.05, 3.63) is 46.3 Å². The van der Waals surface area contributed by atoms with Gasteiger partial charge in [0, 0.05) is 18.5 Å². The molecule has 0 aliphatic rings. The molecular weight excluding hydrogens is 246 g/mol. The van der Waals surface area contributed by atoms with E-state index in [1.807, 2.05) is 6.07 Å². The van der Waals surface area contributed by atoms with E-state index in [0.29, 0.717) is 30.4 Å². The Morgan fingerprint density at radius 2 is 2.05 bits per heavy atom. The van der Waals surface area contributed by atoms with Gasteiger partial charge in [-0.15, -0.1) is 0 Å². The predicted molar refractivity (Wildman–Crippen MR) is 71.1 cm³/mol. The van der Waals surface area contributed by atoms with Gasteiger partial charge in [0.25, 0.3) is 5.91 Å². The molecule has 0 fully saturated rings. The van der Waals surface area contributed by atoms with Gasteiger partial charge in [-0.25, -0.2) is 4.79 Å². The third kappa shape index (κ3) is 3.20. The van der Waals surface area contributed by atoms with Crippen molar-refractivity contribution in [2.75, 3.05) is 13.2 Å². The number of para-hydroxylation sites is 1. The van der Waals surface area contributed by atoms with Gasteiger partial charge >= 0.3 is 5.63 Å². The first-order valence-corrected chi connectivity index (χ1v) is 6.14. The molecule has 100 valence electrons. The minimum absolute atomic E-state index is 0.00250. The van der Waals surface area contributed by atoms with Crippen LogP contribution in [0.1, 0.15) is 23.2 Å². The van der Waals surface area contributed by atoms with Crippen molar-refractivity contribution >= 4 is 16.9 Å². The number of fused-ring (bicyclic) bond motifs is 1. The molecule has 1 aromatic heterocycles. The van der Waals surface area contributed by atoms with Crippen LogP contribution < -0.4 is 10.9 Å². The zero-order valence-corrected chi connectivity index (χ0v) is 10.4. The van der Waals surface area contributed by atoms with E-state index in [2.05, 4.69) is 5.32 Å². The Hall–Kier alpha value is -2.14. The molecule has 0 atom stereocenters. The third-order valence-corrected chi connectivity index (χ3v) is 2.76. The summed E-state index contributed by atoms with van der Waals surface area (Å²) in [7, 11) is 0. The normalized spacial score (nSPS) is 10.6. The van der Waals surface area contributed by atoms with Crippen LogP contribution in [0.15, 0.2) is 39.5 Å². The van der Waals surface area contributed by atoms with E-state index in [0.717, 1.165) is 0 Å². The Kier molecular flexibility index (Phi) is 4.30. The quantitative estimate of drug-likeness (QED) is 0.628. The smallest absolute Gasteiger partial charge is 0.349 e. The molecule has 1 aromatic carbocycles. The summed E-state index contributed by atoms with van der Waals surface area (Å²) in [5.74, 6) is -0.447. The first kappa shape index (κ1) is 13.3. The second-order valence-corrected chi connectivity index (χ2v) is 4.17. The number of carbonyl (C=O) groups excluding carboxylic acids is 1. The van der Waals surface area contributed by atoms with Crippen molar-refractivity contribution in [2.45, 2.75) is 12.8 Å². The molecule has 5 heteroatoms. The van der Waals surface area contributed by atoms with E-state index < -0.39 is 11.5 Å². The molecule has 0 aliphatic heterocycles. The standard InChI is InChI=1S/C14H15NO4/c16-8-4-3-7-15-13(17)11-9-10-5-1-2-6-12(10)19-14(11)18/h1-2,5-6,9,16H,3-4,7-8H2,(H,15,17). The zero-order valence-electron chi connectivity index (χ0n) is 10.4. The highest BCUT2D eigenvalue weighted by Crippen LogP contribution is 2.12. The maximum Gasteiger partial charge on any atom is 0.349 e. The van der Waals surface area contributed by atoms with Gasteiger partial charge in [0.2, 0.25) is 0 Å². The average Bonchev–Trinajstić information content (AvgIpc) is 2.42. The second-order valence-electron chi connectivity index (χ2n) is 4.17. The average molecular weight is 261 g/mol. The lowest BCUT2D eigenvalue weighted by Gasteiger charge is -2.04. The van der Waals surface area contributed by atoms with Crippen molar-refractivity contribution in [1.82, 2.24) is 5.32 Å². The lowest BCUT2D eigenvalue weighted by molar-refractivity contribution is 0.0948. The number of carbonyl (C=O) groups is 1. The summed E-state index contributed by atoms with van der Waals surface area (Å²) in [5.41, 5.74) is -0.176. The number of amides is 1. The van der Waals surface area contributed by atoms with Crippen LogP contribution in [0.5, 0.6) is 0 Å². The molecule has 5 nitrogen and oxygen atoms in total. The first-order valence-electron chi connectivity index (χ1n) is 6.14. The number of rotatable bonds is 5. The molecule has 1 amide bonds. The topological polar surface area (TPSA) is 79.5 Å². The summed E-state index contributed by atoms with van der Waals surface area (Å²) in [6.07, 6.45) is 1.29. The van der Waals surface area contributed by atoms with Crippen LogP contribution in [-0.4, -0.2) is 24.2 Å². The van der Waals surface area contributed by atoms with Gasteiger partial charge in [-0.2, -0.15) is 0 Å². The lowest BCUT2D eigenvalue weighted by Crippen LogP contribution is -2.29. The van der Waals surface area contributed by atoms with E-state index in [1.54, 1.807) is 18.2 Å². The van der Waals surface area contributed by atoms with Gasteiger partial charge in [0.15, 0.2) is 0 Å². The summed E-state index contributed by atoms with van der Waals surface area (Å²) < 4.78 is 5.08. The minimum atomic E-state index is -0.640. The number of nitrogens with one attached hydrogen (secondary N) is 1. The monoisotopic (exact) mass is 261 g/mol. The summed E-state index contributed by atoms with van der Waals surface area (Å²) in [5, 5.41) is 12.0. The van der Waals surface area contributed by atoms with Gasteiger partial charge in [-0.1, -0.05) is 18.2 Å². The Labute approximate surface area is 109 Å². The van der Waals surface area contributed by atoms with Crippen LogP contribution in [0.4, 0.5) is 0 Å².